The van der Waals surface area contributed by atoms with Gasteiger partial charge in [-0.2, -0.15) is 0 Å². The summed E-state index contributed by atoms with van der Waals surface area (Å²) in [7, 11) is 0. The van der Waals surface area contributed by atoms with Crippen LogP contribution >= 0.6 is 0 Å². The van der Waals surface area contributed by atoms with Gasteiger partial charge < -0.3 is 13.7 Å². The van der Waals surface area contributed by atoms with Gasteiger partial charge in [0, 0.05) is 49.4 Å². The predicted molar refractivity (Wildman–Crippen MR) is 215 cm³/mol. The SMILES string of the molecule is c1ccc(-n2c3ccccc3c3cc4c5ccc(-c6ccc(-n7c8ccccc8c8ccccc87)cc6)cc5n(-c5ccccc5)c4cc32)cc1. The molecule has 0 aliphatic rings. The van der Waals surface area contributed by atoms with Crippen LogP contribution in [-0.2, 0) is 0 Å². The molecule has 0 saturated carbocycles. The van der Waals surface area contributed by atoms with Gasteiger partial charge in [-0.3, -0.25) is 0 Å². The number of hydrogen-bond acceptors (Lipinski definition) is 0. The van der Waals surface area contributed by atoms with Crippen LogP contribution in [0, 0.1) is 0 Å². The lowest BCUT2D eigenvalue weighted by Crippen LogP contribution is -1.95. The second kappa shape index (κ2) is 10.8. The summed E-state index contributed by atoms with van der Waals surface area (Å²) in [6, 6.07) is 68.4. The highest BCUT2D eigenvalue weighted by atomic mass is 15.0. The molecule has 11 aromatic rings. The zero-order valence-corrected chi connectivity index (χ0v) is 27.7. The van der Waals surface area contributed by atoms with Crippen molar-refractivity contribution in [2.45, 2.75) is 0 Å². The number of para-hydroxylation sites is 5. The van der Waals surface area contributed by atoms with E-state index in [4.69, 9.17) is 0 Å². The van der Waals surface area contributed by atoms with Crippen molar-refractivity contribution in [3.05, 3.63) is 188 Å². The molecule has 0 spiro atoms. The van der Waals surface area contributed by atoms with Gasteiger partial charge in [0.15, 0.2) is 0 Å². The highest BCUT2D eigenvalue weighted by Crippen LogP contribution is 2.41. The molecule has 238 valence electrons. The van der Waals surface area contributed by atoms with Gasteiger partial charge >= 0.3 is 0 Å². The van der Waals surface area contributed by atoms with Gasteiger partial charge in [-0.15, -0.1) is 0 Å². The third-order valence-electron chi connectivity index (χ3n) is 10.6. The molecule has 3 nitrogen and oxygen atoms in total. The molecule has 0 amide bonds. The first kappa shape index (κ1) is 28.0. The Labute approximate surface area is 294 Å². The average molecular weight is 650 g/mol. The first-order valence-electron chi connectivity index (χ1n) is 17.5. The molecule has 3 aromatic heterocycles. The zero-order valence-electron chi connectivity index (χ0n) is 27.7. The van der Waals surface area contributed by atoms with E-state index in [9.17, 15) is 0 Å². The molecular weight excluding hydrogens is 619 g/mol. The van der Waals surface area contributed by atoms with E-state index in [1.807, 2.05) is 0 Å². The average Bonchev–Trinajstić information content (AvgIpc) is 3.83. The molecule has 8 aromatic carbocycles. The molecule has 0 fully saturated rings. The van der Waals surface area contributed by atoms with Crippen LogP contribution in [0.4, 0.5) is 0 Å². The molecule has 0 bridgehead atoms. The molecule has 0 saturated heterocycles. The van der Waals surface area contributed by atoms with Crippen molar-refractivity contribution in [3.8, 4) is 28.2 Å². The van der Waals surface area contributed by atoms with Gasteiger partial charge in [0.05, 0.1) is 33.1 Å². The summed E-state index contributed by atoms with van der Waals surface area (Å²) in [5.74, 6) is 0. The predicted octanol–water partition coefficient (Wildman–Crippen LogP) is 12.6. The Bertz CT molecular complexity index is 3050. The minimum absolute atomic E-state index is 1.15. The van der Waals surface area contributed by atoms with Crippen LogP contribution < -0.4 is 0 Å². The fourth-order valence-corrected chi connectivity index (χ4v) is 8.37. The minimum atomic E-state index is 1.15. The number of nitrogens with zero attached hydrogens (tertiary/aromatic N) is 3. The highest BCUT2D eigenvalue weighted by Gasteiger charge is 2.19. The topological polar surface area (TPSA) is 14.8 Å². The van der Waals surface area contributed by atoms with E-state index < -0.39 is 0 Å². The monoisotopic (exact) mass is 649 g/mol. The molecule has 3 heterocycles. The minimum Gasteiger partial charge on any atom is -0.309 e. The summed E-state index contributed by atoms with van der Waals surface area (Å²) in [4.78, 5) is 0. The second-order valence-corrected chi connectivity index (χ2v) is 13.4. The summed E-state index contributed by atoms with van der Waals surface area (Å²) in [6.45, 7) is 0. The summed E-state index contributed by atoms with van der Waals surface area (Å²) in [5, 5.41) is 7.58. The molecule has 51 heavy (non-hydrogen) atoms. The summed E-state index contributed by atoms with van der Waals surface area (Å²) in [6.07, 6.45) is 0. The van der Waals surface area contributed by atoms with E-state index in [2.05, 4.69) is 202 Å². The Morgan fingerprint density at radius 2 is 0.588 bits per heavy atom. The van der Waals surface area contributed by atoms with E-state index >= 15 is 0 Å². The summed E-state index contributed by atoms with van der Waals surface area (Å²) in [5.41, 5.74) is 13.1. The Kier molecular flexibility index (Phi) is 5.96. The Hall–Kier alpha value is -6.84. The van der Waals surface area contributed by atoms with E-state index in [1.54, 1.807) is 0 Å². The van der Waals surface area contributed by atoms with Gasteiger partial charge in [0.2, 0.25) is 0 Å². The molecule has 0 radical (unpaired) electrons. The summed E-state index contributed by atoms with van der Waals surface area (Å²) >= 11 is 0. The van der Waals surface area contributed by atoms with Crippen molar-refractivity contribution in [2.75, 3.05) is 0 Å². The largest absolute Gasteiger partial charge is 0.309 e. The van der Waals surface area contributed by atoms with Crippen molar-refractivity contribution in [1.82, 2.24) is 13.7 Å². The molecule has 0 N–H and O–H groups in total. The maximum atomic E-state index is 2.44. The van der Waals surface area contributed by atoms with Crippen LogP contribution in [0.1, 0.15) is 0 Å². The first-order valence-corrected chi connectivity index (χ1v) is 17.5. The van der Waals surface area contributed by atoms with Crippen LogP contribution in [0.15, 0.2) is 188 Å². The van der Waals surface area contributed by atoms with Crippen LogP contribution in [0.5, 0.6) is 0 Å². The van der Waals surface area contributed by atoms with Gasteiger partial charge in [0.25, 0.3) is 0 Å². The molecular formula is C48H31N3. The number of hydrogen-bond donors (Lipinski definition) is 0. The Morgan fingerprint density at radius 3 is 1.14 bits per heavy atom. The van der Waals surface area contributed by atoms with Crippen LogP contribution in [0.2, 0.25) is 0 Å². The van der Waals surface area contributed by atoms with E-state index in [0.29, 0.717) is 0 Å². The lowest BCUT2D eigenvalue weighted by molar-refractivity contribution is 1.16. The Balaban J connectivity index is 1.13. The van der Waals surface area contributed by atoms with Gasteiger partial charge in [-0.1, -0.05) is 115 Å². The second-order valence-electron chi connectivity index (χ2n) is 13.4. The fourth-order valence-electron chi connectivity index (χ4n) is 8.37. The van der Waals surface area contributed by atoms with Gasteiger partial charge in [-0.05, 0) is 83.9 Å². The third kappa shape index (κ3) is 4.12. The number of fused-ring (bicyclic) bond motifs is 9. The van der Waals surface area contributed by atoms with Gasteiger partial charge in [-0.25, -0.2) is 0 Å². The lowest BCUT2D eigenvalue weighted by Gasteiger charge is -2.11. The first-order chi connectivity index (χ1) is 25.3. The standard InChI is InChI=1S/C48H31N3/c1-3-13-34(14-4-1)50-45-22-12-9-19-39(45)41-30-42-40-28-25-33(29-46(40)51(48(42)31-47(41)50)35-15-5-2-6-16-35)32-23-26-36(27-24-32)49-43-20-10-7-17-37(43)38-18-8-11-21-44(38)49/h1-31H. The smallest absolute Gasteiger partial charge is 0.0562 e. The van der Waals surface area contributed by atoms with Crippen molar-refractivity contribution < 1.29 is 0 Å². The number of benzene rings is 8. The molecule has 0 unspecified atom stereocenters. The maximum absolute atomic E-state index is 2.44. The molecule has 0 aliphatic heterocycles. The number of rotatable bonds is 4. The lowest BCUT2D eigenvalue weighted by atomic mass is 10.0. The van der Waals surface area contributed by atoms with E-state index in [0.717, 1.165) is 17.1 Å². The Morgan fingerprint density at radius 1 is 0.216 bits per heavy atom. The normalized spacial score (nSPS) is 11.9. The van der Waals surface area contributed by atoms with Crippen molar-refractivity contribution >= 4 is 65.4 Å². The quantitative estimate of drug-likeness (QED) is 0.180. The van der Waals surface area contributed by atoms with Crippen molar-refractivity contribution in [2.24, 2.45) is 0 Å². The van der Waals surface area contributed by atoms with E-state index in [1.165, 1.54) is 76.5 Å². The third-order valence-corrected chi connectivity index (χ3v) is 10.6. The molecule has 0 atom stereocenters. The maximum Gasteiger partial charge on any atom is 0.0562 e. The van der Waals surface area contributed by atoms with Crippen molar-refractivity contribution in [3.63, 3.8) is 0 Å². The van der Waals surface area contributed by atoms with Crippen LogP contribution in [0.3, 0.4) is 0 Å². The summed E-state index contributed by atoms with van der Waals surface area (Å²) < 4.78 is 7.22. The molecule has 3 heteroatoms. The van der Waals surface area contributed by atoms with E-state index in [-0.39, 0.29) is 0 Å². The molecule has 0 aliphatic carbocycles. The zero-order chi connectivity index (χ0) is 33.5. The van der Waals surface area contributed by atoms with Crippen LogP contribution in [-0.4, -0.2) is 13.7 Å². The highest BCUT2D eigenvalue weighted by molar-refractivity contribution is 6.19. The van der Waals surface area contributed by atoms with Crippen molar-refractivity contribution in [1.29, 1.82) is 0 Å². The van der Waals surface area contributed by atoms with Crippen LogP contribution in [0.25, 0.3) is 93.6 Å². The number of aromatic nitrogens is 3. The fraction of sp³-hybridized carbons (Fsp3) is 0. The van der Waals surface area contributed by atoms with Gasteiger partial charge in [0.1, 0.15) is 0 Å². The molecule has 11 rings (SSSR count).